The maximum atomic E-state index is 12.9. The van der Waals surface area contributed by atoms with E-state index in [1.807, 2.05) is 13.8 Å². The molecule has 0 saturated carbocycles. The van der Waals surface area contributed by atoms with Gasteiger partial charge in [-0.1, -0.05) is 0 Å². The van der Waals surface area contributed by atoms with Gasteiger partial charge < -0.3 is 11.1 Å². The Morgan fingerprint density at radius 1 is 1.19 bits per heavy atom. The van der Waals surface area contributed by atoms with Gasteiger partial charge in [-0.25, -0.2) is 0 Å². The molecule has 114 valence electrons. The average molecular weight is 299 g/mol. The molecule has 0 bridgehead atoms. The van der Waals surface area contributed by atoms with E-state index in [9.17, 15) is 13.2 Å². The summed E-state index contributed by atoms with van der Waals surface area (Å²) in [5.74, 6) is 0.872. The van der Waals surface area contributed by atoms with Crippen LogP contribution in [0.1, 0.15) is 19.4 Å². The predicted octanol–water partition coefficient (Wildman–Crippen LogP) is 3.00. The molecule has 0 spiro atoms. The molecule has 21 heavy (non-hydrogen) atoms. The Labute approximate surface area is 120 Å². The first kappa shape index (κ1) is 15.1. The fourth-order valence-corrected chi connectivity index (χ4v) is 2.05. The molecule has 3 N–H and O–H groups in total. The zero-order valence-electron chi connectivity index (χ0n) is 11.7. The molecule has 0 radical (unpaired) electrons. The van der Waals surface area contributed by atoms with Gasteiger partial charge in [0.05, 0.1) is 5.56 Å². The van der Waals surface area contributed by atoms with Crippen molar-refractivity contribution in [1.29, 1.82) is 0 Å². The Kier molecular flexibility index (Phi) is 4.06. The van der Waals surface area contributed by atoms with Crippen molar-refractivity contribution in [2.75, 3.05) is 17.6 Å². The van der Waals surface area contributed by atoms with Gasteiger partial charge in [0, 0.05) is 24.3 Å². The number of nitrogen functional groups attached to an aromatic ring is 1. The number of hydrogen-bond acceptors (Lipinski definition) is 4. The Morgan fingerprint density at radius 2 is 1.90 bits per heavy atom. The van der Waals surface area contributed by atoms with Crippen LogP contribution in [0.25, 0.3) is 11.4 Å². The molecule has 5 nitrogen and oxygen atoms in total. The molecule has 0 unspecified atom stereocenters. The molecule has 0 fully saturated rings. The molecule has 0 amide bonds. The summed E-state index contributed by atoms with van der Waals surface area (Å²) in [5.41, 5.74) is 5.11. The van der Waals surface area contributed by atoms with Crippen LogP contribution in [-0.4, -0.2) is 21.3 Å². The predicted molar refractivity (Wildman–Crippen MR) is 74.7 cm³/mol. The lowest BCUT2D eigenvalue weighted by Crippen LogP contribution is -2.08. The van der Waals surface area contributed by atoms with Crippen LogP contribution in [0.4, 0.5) is 24.8 Å². The third-order valence-electron chi connectivity index (χ3n) is 2.94. The van der Waals surface area contributed by atoms with Crippen LogP contribution >= 0.6 is 0 Å². The molecule has 0 atom stereocenters. The Morgan fingerprint density at radius 3 is 2.48 bits per heavy atom. The number of rotatable bonds is 4. The number of nitrogens with one attached hydrogen (secondary N) is 1. The molecule has 0 aliphatic rings. The number of halogens is 3. The third-order valence-corrected chi connectivity index (χ3v) is 2.94. The first-order chi connectivity index (χ1) is 9.86. The van der Waals surface area contributed by atoms with Gasteiger partial charge in [0.25, 0.3) is 0 Å². The number of hydrogen-bond donors (Lipinski definition) is 2. The SMILES string of the molecule is CCNc1nnc(-c2cc(N)cc(C(F)(F)F)c2)n1CC. The summed E-state index contributed by atoms with van der Waals surface area (Å²) in [6.45, 7) is 4.94. The quantitative estimate of drug-likeness (QED) is 0.852. The van der Waals surface area contributed by atoms with Gasteiger partial charge >= 0.3 is 6.18 Å². The smallest absolute Gasteiger partial charge is 0.399 e. The van der Waals surface area contributed by atoms with Crippen molar-refractivity contribution < 1.29 is 13.2 Å². The van der Waals surface area contributed by atoms with Crippen LogP contribution in [-0.2, 0) is 12.7 Å². The Balaban J connectivity index is 2.54. The Hall–Kier alpha value is -2.25. The maximum absolute atomic E-state index is 12.9. The number of anilines is 2. The largest absolute Gasteiger partial charge is 0.416 e. The van der Waals surface area contributed by atoms with Gasteiger partial charge in [-0.15, -0.1) is 10.2 Å². The summed E-state index contributed by atoms with van der Waals surface area (Å²) in [7, 11) is 0. The van der Waals surface area contributed by atoms with Crippen molar-refractivity contribution >= 4 is 11.6 Å². The third kappa shape index (κ3) is 3.09. The lowest BCUT2D eigenvalue weighted by molar-refractivity contribution is -0.137. The average Bonchev–Trinajstić information content (AvgIpc) is 2.80. The van der Waals surface area contributed by atoms with Crippen molar-refractivity contribution in [2.45, 2.75) is 26.6 Å². The van der Waals surface area contributed by atoms with E-state index >= 15 is 0 Å². The van der Waals surface area contributed by atoms with Gasteiger partial charge in [0.1, 0.15) is 0 Å². The van der Waals surface area contributed by atoms with E-state index in [1.165, 1.54) is 6.07 Å². The highest BCUT2D eigenvalue weighted by molar-refractivity contribution is 5.64. The van der Waals surface area contributed by atoms with Gasteiger partial charge in [0.15, 0.2) is 5.82 Å². The first-order valence-corrected chi connectivity index (χ1v) is 6.52. The van der Waals surface area contributed by atoms with E-state index in [4.69, 9.17) is 5.73 Å². The Bertz CT molecular complexity index is 633. The lowest BCUT2D eigenvalue weighted by atomic mass is 10.1. The molecular weight excluding hydrogens is 283 g/mol. The van der Waals surface area contributed by atoms with Crippen LogP contribution < -0.4 is 11.1 Å². The highest BCUT2D eigenvalue weighted by atomic mass is 19.4. The van der Waals surface area contributed by atoms with Gasteiger partial charge in [0.2, 0.25) is 5.95 Å². The first-order valence-electron chi connectivity index (χ1n) is 6.52. The summed E-state index contributed by atoms with van der Waals surface area (Å²) in [5, 5.41) is 10.9. The summed E-state index contributed by atoms with van der Waals surface area (Å²) in [6.07, 6.45) is -4.45. The standard InChI is InChI=1S/C13H16F3N5/c1-3-18-12-20-19-11(21(12)4-2)8-5-9(13(14,15)16)7-10(17)6-8/h5-7H,3-4,17H2,1-2H3,(H,18,20). The molecule has 0 saturated heterocycles. The van der Waals surface area contributed by atoms with E-state index in [0.29, 0.717) is 30.4 Å². The van der Waals surface area contributed by atoms with Crippen molar-refractivity contribution in [1.82, 2.24) is 14.8 Å². The van der Waals surface area contributed by atoms with E-state index in [0.717, 1.165) is 12.1 Å². The minimum absolute atomic E-state index is 0.0375. The van der Waals surface area contributed by atoms with Gasteiger partial charge in [-0.3, -0.25) is 4.57 Å². The monoisotopic (exact) mass is 299 g/mol. The fourth-order valence-electron chi connectivity index (χ4n) is 2.05. The van der Waals surface area contributed by atoms with Crippen molar-refractivity contribution in [2.24, 2.45) is 0 Å². The van der Waals surface area contributed by atoms with E-state index in [2.05, 4.69) is 15.5 Å². The van der Waals surface area contributed by atoms with E-state index in [-0.39, 0.29) is 5.69 Å². The minimum Gasteiger partial charge on any atom is -0.399 e. The highest BCUT2D eigenvalue weighted by Gasteiger charge is 2.31. The topological polar surface area (TPSA) is 68.8 Å². The molecule has 2 rings (SSSR count). The second-order valence-corrected chi connectivity index (χ2v) is 4.46. The van der Waals surface area contributed by atoms with Crippen LogP contribution in [0, 0.1) is 0 Å². The van der Waals surface area contributed by atoms with Crippen molar-refractivity contribution in [3.63, 3.8) is 0 Å². The number of aromatic nitrogens is 3. The van der Waals surface area contributed by atoms with Crippen molar-refractivity contribution in [3.8, 4) is 11.4 Å². The molecular formula is C13H16F3N5. The van der Waals surface area contributed by atoms with Crippen LogP contribution in [0.15, 0.2) is 18.2 Å². The lowest BCUT2D eigenvalue weighted by Gasteiger charge is -2.12. The second-order valence-electron chi connectivity index (χ2n) is 4.46. The van der Waals surface area contributed by atoms with E-state index in [1.54, 1.807) is 4.57 Å². The fraction of sp³-hybridized carbons (Fsp3) is 0.385. The molecule has 1 aromatic heterocycles. The molecule has 0 aliphatic heterocycles. The summed E-state index contributed by atoms with van der Waals surface area (Å²) >= 11 is 0. The highest BCUT2D eigenvalue weighted by Crippen LogP contribution is 2.34. The zero-order valence-corrected chi connectivity index (χ0v) is 11.7. The second kappa shape index (κ2) is 5.63. The van der Waals surface area contributed by atoms with Crippen LogP contribution in [0.5, 0.6) is 0 Å². The molecule has 8 heteroatoms. The number of alkyl halides is 3. The van der Waals surface area contributed by atoms with Crippen LogP contribution in [0.2, 0.25) is 0 Å². The molecule has 2 aromatic rings. The van der Waals surface area contributed by atoms with Crippen molar-refractivity contribution in [3.05, 3.63) is 23.8 Å². The number of benzene rings is 1. The van der Waals surface area contributed by atoms with Gasteiger partial charge in [-0.2, -0.15) is 13.2 Å². The summed E-state index contributed by atoms with van der Waals surface area (Å²) < 4.78 is 40.3. The minimum atomic E-state index is -4.45. The number of nitrogens with two attached hydrogens (primary N) is 1. The summed E-state index contributed by atoms with van der Waals surface area (Å²) in [6, 6.07) is 3.39. The number of nitrogens with zero attached hydrogens (tertiary/aromatic N) is 3. The zero-order chi connectivity index (χ0) is 15.6. The van der Waals surface area contributed by atoms with E-state index < -0.39 is 11.7 Å². The molecule has 0 aliphatic carbocycles. The summed E-state index contributed by atoms with van der Waals surface area (Å²) in [4.78, 5) is 0. The van der Waals surface area contributed by atoms with Gasteiger partial charge in [-0.05, 0) is 32.0 Å². The molecule has 1 heterocycles. The maximum Gasteiger partial charge on any atom is 0.416 e. The van der Waals surface area contributed by atoms with Crippen LogP contribution in [0.3, 0.4) is 0 Å². The molecule has 1 aromatic carbocycles. The normalized spacial score (nSPS) is 11.7.